The Morgan fingerprint density at radius 3 is 2.57 bits per heavy atom. The van der Waals surface area contributed by atoms with E-state index in [1.165, 1.54) is 0 Å². The van der Waals surface area contributed by atoms with Crippen molar-refractivity contribution < 1.29 is 14.6 Å². The molecule has 5 heteroatoms. The van der Waals surface area contributed by atoms with Gasteiger partial charge in [0.05, 0.1) is 6.04 Å². The number of rotatable bonds is 6. The molecular weight excluding hydrogens is 405 g/mol. The number of hydrogen-bond donors (Lipinski definition) is 1. The smallest absolute Gasteiger partial charge is 0.260 e. The van der Waals surface area contributed by atoms with Crippen LogP contribution >= 0.6 is 22.6 Å². The number of phenols is 1. The molecule has 0 aliphatic carbocycles. The fourth-order valence-corrected chi connectivity index (χ4v) is 2.75. The van der Waals surface area contributed by atoms with Crippen LogP contribution in [0.5, 0.6) is 11.5 Å². The van der Waals surface area contributed by atoms with E-state index in [0.717, 1.165) is 9.13 Å². The summed E-state index contributed by atoms with van der Waals surface area (Å²) in [4.78, 5) is 14.2. The topological polar surface area (TPSA) is 49.8 Å². The molecule has 0 radical (unpaired) electrons. The zero-order chi connectivity index (χ0) is 16.8. The zero-order valence-corrected chi connectivity index (χ0v) is 15.4. The van der Waals surface area contributed by atoms with Crippen LogP contribution in [-0.2, 0) is 4.79 Å². The first-order valence-electron chi connectivity index (χ1n) is 7.48. The minimum Gasteiger partial charge on any atom is -0.508 e. The summed E-state index contributed by atoms with van der Waals surface area (Å²) in [5, 5.41) is 9.60. The summed E-state index contributed by atoms with van der Waals surface area (Å²) in [6.45, 7) is 4.45. The standard InChI is InChI=1S/C18H20INO3/c1-3-20(13(2)14-5-4-6-16(21)11-14)18(22)12-23-17-9-7-15(19)8-10-17/h4-11,13,21H,3,12H2,1-2H3/t13-/m0/s1. The van der Waals surface area contributed by atoms with Gasteiger partial charge < -0.3 is 14.7 Å². The fraction of sp³-hybridized carbons (Fsp3) is 0.278. The molecule has 23 heavy (non-hydrogen) atoms. The van der Waals surface area contributed by atoms with Crippen LogP contribution in [0.25, 0.3) is 0 Å². The Kier molecular flexibility index (Phi) is 6.27. The van der Waals surface area contributed by atoms with E-state index in [9.17, 15) is 9.90 Å². The molecule has 0 saturated carbocycles. The van der Waals surface area contributed by atoms with Gasteiger partial charge >= 0.3 is 0 Å². The van der Waals surface area contributed by atoms with Crippen LogP contribution in [0, 0.1) is 3.57 Å². The normalized spacial score (nSPS) is 11.8. The van der Waals surface area contributed by atoms with E-state index in [1.807, 2.05) is 44.2 Å². The second-order valence-corrected chi connectivity index (χ2v) is 6.44. The molecule has 4 nitrogen and oxygen atoms in total. The van der Waals surface area contributed by atoms with E-state index in [0.29, 0.717) is 12.3 Å². The van der Waals surface area contributed by atoms with Crippen molar-refractivity contribution in [3.63, 3.8) is 0 Å². The van der Waals surface area contributed by atoms with Crippen molar-refractivity contribution in [2.24, 2.45) is 0 Å². The maximum Gasteiger partial charge on any atom is 0.260 e. The average molecular weight is 425 g/mol. The van der Waals surface area contributed by atoms with E-state index in [2.05, 4.69) is 22.6 Å². The molecule has 0 saturated heterocycles. The molecule has 0 aliphatic heterocycles. The van der Waals surface area contributed by atoms with Crippen molar-refractivity contribution in [2.75, 3.05) is 13.2 Å². The van der Waals surface area contributed by atoms with Gasteiger partial charge in [0, 0.05) is 10.1 Å². The van der Waals surface area contributed by atoms with Gasteiger partial charge in [0.25, 0.3) is 5.91 Å². The number of benzene rings is 2. The second kappa shape index (κ2) is 8.19. The lowest BCUT2D eigenvalue weighted by atomic mass is 10.1. The van der Waals surface area contributed by atoms with E-state index >= 15 is 0 Å². The summed E-state index contributed by atoms with van der Waals surface area (Å²) in [5.74, 6) is 0.801. The number of carbonyl (C=O) groups is 1. The van der Waals surface area contributed by atoms with Gasteiger partial charge in [-0.2, -0.15) is 0 Å². The van der Waals surface area contributed by atoms with Gasteiger partial charge in [-0.1, -0.05) is 12.1 Å². The molecule has 0 aliphatic rings. The van der Waals surface area contributed by atoms with Crippen LogP contribution in [0.2, 0.25) is 0 Å². The minimum atomic E-state index is -0.125. The minimum absolute atomic E-state index is 0.00239. The number of nitrogens with zero attached hydrogens (tertiary/aromatic N) is 1. The SMILES string of the molecule is CCN(C(=O)COc1ccc(I)cc1)[C@@H](C)c1cccc(O)c1. The van der Waals surface area contributed by atoms with Gasteiger partial charge in [0.15, 0.2) is 6.61 Å². The highest BCUT2D eigenvalue weighted by Crippen LogP contribution is 2.23. The largest absolute Gasteiger partial charge is 0.508 e. The van der Waals surface area contributed by atoms with Crippen LogP contribution in [0.1, 0.15) is 25.5 Å². The quantitative estimate of drug-likeness (QED) is 0.713. The molecule has 0 fully saturated rings. The van der Waals surface area contributed by atoms with Gasteiger partial charge in [0.1, 0.15) is 11.5 Å². The lowest BCUT2D eigenvalue weighted by Gasteiger charge is -2.28. The number of carbonyl (C=O) groups excluding carboxylic acids is 1. The van der Waals surface area contributed by atoms with Gasteiger partial charge in [0.2, 0.25) is 0 Å². The summed E-state index contributed by atoms with van der Waals surface area (Å²) in [6, 6.07) is 14.4. The van der Waals surface area contributed by atoms with Crippen LogP contribution in [-0.4, -0.2) is 29.1 Å². The summed E-state index contributed by atoms with van der Waals surface area (Å²) < 4.78 is 6.69. The van der Waals surface area contributed by atoms with Gasteiger partial charge in [-0.3, -0.25) is 4.79 Å². The molecule has 0 aromatic heterocycles. The molecule has 2 aromatic rings. The maximum atomic E-state index is 12.5. The van der Waals surface area contributed by atoms with Gasteiger partial charge in [-0.05, 0) is 78.4 Å². The third-order valence-electron chi connectivity index (χ3n) is 3.66. The highest BCUT2D eigenvalue weighted by molar-refractivity contribution is 14.1. The summed E-state index contributed by atoms with van der Waals surface area (Å²) in [5.41, 5.74) is 0.898. The van der Waals surface area contributed by atoms with Crippen molar-refractivity contribution in [1.29, 1.82) is 0 Å². The molecule has 1 N–H and O–H groups in total. The third-order valence-corrected chi connectivity index (χ3v) is 4.38. The number of aromatic hydroxyl groups is 1. The van der Waals surface area contributed by atoms with Crippen LogP contribution < -0.4 is 4.74 Å². The first-order valence-corrected chi connectivity index (χ1v) is 8.56. The molecule has 1 amide bonds. The fourth-order valence-electron chi connectivity index (χ4n) is 2.39. The van der Waals surface area contributed by atoms with Crippen LogP contribution in [0.3, 0.4) is 0 Å². The number of halogens is 1. The van der Waals surface area contributed by atoms with Gasteiger partial charge in [-0.25, -0.2) is 0 Å². The summed E-state index contributed by atoms with van der Waals surface area (Å²) >= 11 is 2.22. The molecule has 0 spiro atoms. The Bertz CT molecular complexity index is 658. The van der Waals surface area contributed by atoms with Crippen molar-refractivity contribution in [2.45, 2.75) is 19.9 Å². The first-order chi connectivity index (χ1) is 11.0. The van der Waals surface area contributed by atoms with E-state index in [4.69, 9.17) is 4.74 Å². The summed E-state index contributed by atoms with van der Waals surface area (Å²) in [6.07, 6.45) is 0. The predicted molar refractivity (Wildman–Crippen MR) is 98.6 cm³/mol. The molecule has 1 atom stereocenters. The van der Waals surface area contributed by atoms with Crippen molar-refractivity contribution in [1.82, 2.24) is 4.90 Å². The average Bonchev–Trinajstić information content (AvgIpc) is 2.55. The molecule has 2 aromatic carbocycles. The van der Waals surface area contributed by atoms with Crippen molar-refractivity contribution in [3.05, 3.63) is 57.7 Å². The molecule has 122 valence electrons. The Labute approximate surface area is 150 Å². The second-order valence-electron chi connectivity index (χ2n) is 5.19. The highest BCUT2D eigenvalue weighted by Gasteiger charge is 2.20. The number of likely N-dealkylation sites (N-methyl/N-ethyl adjacent to an activating group) is 1. The van der Waals surface area contributed by atoms with Crippen LogP contribution in [0.15, 0.2) is 48.5 Å². The molecule has 0 heterocycles. The number of ether oxygens (including phenoxy) is 1. The van der Waals surface area contributed by atoms with Crippen LogP contribution in [0.4, 0.5) is 0 Å². The number of hydrogen-bond acceptors (Lipinski definition) is 3. The predicted octanol–water partition coefficient (Wildman–Crippen LogP) is 3.99. The Balaban J connectivity index is 2.01. The Morgan fingerprint density at radius 1 is 1.26 bits per heavy atom. The van der Waals surface area contributed by atoms with Crippen molar-refractivity contribution in [3.8, 4) is 11.5 Å². The van der Waals surface area contributed by atoms with Gasteiger partial charge in [-0.15, -0.1) is 0 Å². The van der Waals surface area contributed by atoms with E-state index < -0.39 is 0 Å². The first kappa shape index (κ1) is 17.6. The monoisotopic (exact) mass is 425 g/mol. The Hall–Kier alpha value is -1.76. The molecule has 0 bridgehead atoms. The lowest BCUT2D eigenvalue weighted by Crippen LogP contribution is -2.36. The molecule has 0 unspecified atom stereocenters. The number of phenolic OH excluding ortho intramolecular Hbond substituents is 1. The lowest BCUT2D eigenvalue weighted by molar-refractivity contribution is -0.135. The highest BCUT2D eigenvalue weighted by atomic mass is 127. The van der Waals surface area contributed by atoms with E-state index in [1.54, 1.807) is 23.1 Å². The Morgan fingerprint density at radius 2 is 1.96 bits per heavy atom. The maximum absolute atomic E-state index is 12.5. The molecular formula is C18H20INO3. The zero-order valence-electron chi connectivity index (χ0n) is 13.2. The third kappa shape index (κ3) is 4.86. The summed E-state index contributed by atoms with van der Waals surface area (Å²) in [7, 11) is 0. The number of amides is 1. The van der Waals surface area contributed by atoms with E-state index in [-0.39, 0.29) is 24.3 Å². The molecule has 2 rings (SSSR count). The van der Waals surface area contributed by atoms with Crippen molar-refractivity contribution >= 4 is 28.5 Å².